The van der Waals surface area contributed by atoms with E-state index in [9.17, 15) is 0 Å². The first-order valence-electron chi connectivity index (χ1n) is 4.16. The van der Waals surface area contributed by atoms with E-state index in [4.69, 9.17) is 11.6 Å². The Kier molecular flexibility index (Phi) is 2.42. The van der Waals surface area contributed by atoms with Gasteiger partial charge in [0.05, 0.1) is 0 Å². The molecule has 0 spiro atoms. The van der Waals surface area contributed by atoms with Gasteiger partial charge in [0, 0.05) is 10.4 Å². The van der Waals surface area contributed by atoms with Crippen molar-refractivity contribution in [2.24, 2.45) is 0 Å². The van der Waals surface area contributed by atoms with E-state index < -0.39 is 0 Å². The molecule has 1 aromatic rings. The van der Waals surface area contributed by atoms with E-state index >= 15 is 0 Å². The van der Waals surface area contributed by atoms with Crippen molar-refractivity contribution in [3.05, 3.63) is 34.3 Å². The molecule has 1 aromatic carbocycles. The molecule has 0 bridgehead atoms. The van der Waals surface area contributed by atoms with Crippen molar-refractivity contribution < 1.29 is 0 Å². The predicted octanol–water partition coefficient (Wildman–Crippen LogP) is 3.76. The van der Waals surface area contributed by atoms with Gasteiger partial charge in [0.15, 0.2) is 0 Å². The molecule has 0 amide bonds. The Bertz CT molecular complexity index is 296. The Morgan fingerprint density at radius 1 is 1.50 bits per heavy atom. The van der Waals surface area contributed by atoms with Crippen LogP contribution in [0, 0.1) is 0 Å². The molecule has 2 rings (SSSR count). The highest BCUT2D eigenvalue weighted by molar-refractivity contribution is 9.09. The fourth-order valence-electron chi connectivity index (χ4n) is 1.79. The van der Waals surface area contributed by atoms with Crippen molar-refractivity contribution in [1.29, 1.82) is 0 Å². The first-order valence-corrected chi connectivity index (χ1v) is 5.66. The minimum atomic E-state index is 0.748. The van der Waals surface area contributed by atoms with Gasteiger partial charge in [-0.3, -0.25) is 0 Å². The molecular weight excluding hydrogens is 235 g/mol. The molecule has 0 saturated heterocycles. The zero-order chi connectivity index (χ0) is 8.55. The minimum Gasteiger partial charge on any atom is -0.0928 e. The summed E-state index contributed by atoms with van der Waals surface area (Å²) in [6, 6.07) is 6.21. The first kappa shape index (κ1) is 8.58. The summed E-state index contributed by atoms with van der Waals surface area (Å²) < 4.78 is 0. The van der Waals surface area contributed by atoms with Crippen LogP contribution in [-0.4, -0.2) is 5.33 Å². The molecule has 64 valence electrons. The Labute approximate surface area is 86.1 Å². The molecule has 0 N–H and O–H groups in total. The van der Waals surface area contributed by atoms with E-state index in [0.29, 0.717) is 0 Å². The van der Waals surface area contributed by atoms with Crippen LogP contribution in [0.25, 0.3) is 0 Å². The average molecular weight is 246 g/mol. The Hall–Kier alpha value is -0.0100. The van der Waals surface area contributed by atoms with E-state index in [2.05, 4.69) is 22.0 Å². The second kappa shape index (κ2) is 3.39. The summed E-state index contributed by atoms with van der Waals surface area (Å²) in [6.45, 7) is 0. The van der Waals surface area contributed by atoms with Crippen molar-refractivity contribution in [3.8, 4) is 0 Å². The minimum absolute atomic E-state index is 0.748. The highest BCUT2D eigenvalue weighted by atomic mass is 79.9. The smallest absolute Gasteiger partial charge is 0.0441 e. The number of halogens is 2. The second-order valence-corrected chi connectivity index (χ2v) is 4.39. The molecule has 0 fully saturated rings. The Morgan fingerprint density at radius 3 is 3.08 bits per heavy atom. The van der Waals surface area contributed by atoms with Crippen molar-refractivity contribution in [1.82, 2.24) is 0 Å². The monoisotopic (exact) mass is 244 g/mol. The largest absolute Gasteiger partial charge is 0.0928 e. The van der Waals surface area contributed by atoms with Crippen LogP contribution in [0.3, 0.4) is 0 Å². The average Bonchev–Trinajstić information content (AvgIpc) is 2.04. The normalized spacial score (nSPS) is 20.0. The third kappa shape index (κ3) is 1.29. The second-order valence-electron chi connectivity index (χ2n) is 3.19. The fourth-order valence-corrected chi connectivity index (χ4v) is 2.60. The van der Waals surface area contributed by atoms with Gasteiger partial charge < -0.3 is 0 Å². The maximum Gasteiger partial charge on any atom is 0.0441 e. The van der Waals surface area contributed by atoms with Crippen LogP contribution in [0.5, 0.6) is 0 Å². The standard InChI is InChI=1S/C10H10BrCl/c11-5-4-7-6-9-8(7)2-1-3-10(9)12/h1-3,7H,4-6H2. The summed E-state index contributed by atoms with van der Waals surface area (Å²) in [5.74, 6) is 0.748. The molecule has 0 heterocycles. The lowest BCUT2D eigenvalue weighted by molar-refractivity contribution is 0.595. The van der Waals surface area contributed by atoms with Crippen LogP contribution in [0.4, 0.5) is 0 Å². The van der Waals surface area contributed by atoms with Gasteiger partial charge >= 0.3 is 0 Å². The number of hydrogen-bond donors (Lipinski definition) is 0. The van der Waals surface area contributed by atoms with E-state index in [-0.39, 0.29) is 0 Å². The molecule has 0 saturated carbocycles. The Morgan fingerprint density at radius 2 is 2.33 bits per heavy atom. The van der Waals surface area contributed by atoms with E-state index in [1.165, 1.54) is 24.0 Å². The quantitative estimate of drug-likeness (QED) is 0.696. The molecular formula is C10H10BrCl. The highest BCUT2D eigenvalue weighted by Gasteiger charge is 2.26. The first-order chi connectivity index (χ1) is 5.83. The summed E-state index contributed by atoms with van der Waals surface area (Å²) in [5.41, 5.74) is 2.83. The number of fused-ring (bicyclic) bond motifs is 1. The number of rotatable bonds is 2. The van der Waals surface area contributed by atoms with Gasteiger partial charge in [-0.1, -0.05) is 39.7 Å². The van der Waals surface area contributed by atoms with Crippen LogP contribution in [0.15, 0.2) is 18.2 Å². The van der Waals surface area contributed by atoms with Crippen LogP contribution in [-0.2, 0) is 6.42 Å². The van der Waals surface area contributed by atoms with Crippen LogP contribution in [0.2, 0.25) is 5.02 Å². The van der Waals surface area contributed by atoms with Gasteiger partial charge in [-0.25, -0.2) is 0 Å². The lowest BCUT2D eigenvalue weighted by Gasteiger charge is -2.30. The van der Waals surface area contributed by atoms with Gasteiger partial charge in [0.1, 0.15) is 0 Å². The van der Waals surface area contributed by atoms with Crippen LogP contribution in [0.1, 0.15) is 23.5 Å². The van der Waals surface area contributed by atoms with E-state index in [1.54, 1.807) is 0 Å². The van der Waals surface area contributed by atoms with Gasteiger partial charge in [-0.2, -0.15) is 0 Å². The molecule has 1 aliphatic carbocycles. The lowest BCUT2D eigenvalue weighted by atomic mass is 9.76. The third-order valence-electron chi connectivity index (χ3n) is 2.50. The van der Waals surface area contributed by atoms with Gasteiger partial charge in [0.25, 0.3) is 0 Å². The maximum absolute atomic E-state index is 6.02. The third-order valence-corrected chi connectivity index (χ3v) is 3.31. The fraction of sp³-hybridized carbons (Fsp3) is 0.400. The number of benzene rings is 1. The maximum atomic E-state index is 6.02. The molecule has 0 nitrogen and oxygen atoms in total. The molecule has 0 radical (unpaired) electrons. The topological polar surface area (TPSA) is 0 Å². The molecule has 1 aliphatic rings. The summed E-state index contributed by atoms with van der Waals surface area (Å²) in [6.07, 6.45) is 2.40. The van der Waals surface area contributed by atoms with E-state index in [1.807, 2.05) is 12.1 Å². The molecule has 2 heteroatoms. The molecule has 1 unspecified atom stereocenters. The summed E-state index contributed by atoms with van der Waals surface area (Å²) in [7, 11) is 0. The summed E-state index contributed by atoms with van der Waals surface area (Å²) in [4.78, 5) is 0. The van der Waals surface area contributed by atoms with Gasteiger partial charge in [-0.15, -0.1) is 0 Å². The summed E-state index contributed by atoms with van der Waals surface area (Å²) in [5, 5.41) is 2.03. The molecule has 0 aliphatic heterocycles. The Balaban J connectivity index is 2.24. The molecule has 0 aromatic heterocycles. The zero-order valence-electron chi connectivity index (χ0n) is 6.69. The van der Waals surface area contributed by atoms with Crippen molar-refractivity contribution in [2.45, 2.75) is 18.8 Å². The van der Waals surface area contributed by atoms with Gasteiger partial charge in [-0.05, 0) is 36.0 Å². The highest BCUT2D eigenvalue weighted by Crippen LogP contribution is 2.41. The van der Waals surface area contributed by atoms with Crippen molar-refractivity contribution in [2.75, 3.05) is 5.33 Å². The molecule has 1 atom stereocenters. The number of alkyl halides is 1. The van der Waals surface area contributed by atoms with Crippen LogP contribution < -0.4 is 0 Å². The van der Waals surface area contributed by atoms with Crippen molar-refractivity contribution in [3.63, 3.8) is 0 Å². The van der Waals surface area contributed by atoms with Crippen molar-refractivity contribution >= 4 is 27.5 Å². The zero-order valence-corrected chi connectivity index (χ0v) is 9.03. The summed E-state index contributed by atoms with van der Waals surface area (Å²) >= 11 is 9.48. The molecule has 12 heavy (non-hydrogen) atoms. The number of hydrogen-bond acceptors (Lipinski definition) is 0. The van der Waals surface area contributed by atoms with Crippen LogP contribution >= 0.6 is 27.5 Å². The predicted molar refractivity (Wildman–Crippen MR) is 56.3 cm³/mol. The SMILES string of the molecule is Clc1cccc2c1CC2CCBr. The lowest BCUT2D eigenvalue weighted by Crippen LogP contribution is -2.17. The van der Waals surface area contributed by atoms with E-state index in [0.717, 1.165) is 16.3 Å². The van der Waals surface area contributed by atoms with Gasteiger partial charge in [0.2, 0.25) is 0 Å².